The molecule has 1 aromatic carbocycles. The topological polar surface area (TPSA) is 84.0 Å². The molecular formula is C22H30N2O5S. The van der Waals surface area contributed by atoms with Gasteiger partial charge in [0.25, 0.3) is 0 Å². The number of piperidine rings is 1. The smallest absolute Gasteiger partial charge is 0.309 e. The SMILES string of the molecule is CCOC(=O)C1CCN(S(=O)(=O)c2ccc3c(c2)C[C@@H](C)N3C(=O)C2CCC2)CC1. The molecule has 2 aliphatic heterocycles. The Labute approximate surface area is 178 Å². The fraction of sp³-hybridized carbons (Fsp3) is 0.636. The number of hydrogen-bond donors (Lipinski definition) is 0. The van der Waals surface area contributed by atoms with E-state index in [1.165, 1.54) is 4.31 Å². The molecule has 1 amide bonds. The fourth-order valence-electron chi connectivity index (χ4n) is 4.70. The first-order chi connectivity index (χ1) is 14.3. The molecule has 0 bridgehead atoms. The maximum Gasteiger partial charge on any atom is 0.309 e. The van der Waals surface area contributed by atoms with E-state index in [-0.39, 0.29) is 34.6 Å². The Kier molecular flexibility index (Phi) is 5.90. The van der Waals surface area contributed by atoms with E-state index in [0.29, 0.717) is 39.0 Å². The van der Waals surface area contributed by atoms with Crippen LogP contribution in [0.25, 0.3) is 0 Å². The van der Waals surface area contributed by atoms with Crippen molar-refractivity contribution in [3.8, 4) is 0 Å². The molecule has 8 heteroatoms. The van der Waals surface area contributed by atoms with Crippen LogP contribution in [-0.2, 0) is 30.8 Å². The number of anilines is 1. The maximum atomic E-state index is 13.2. The van der Waals surface area contributed by atoms with Gasteiger partial charge in [0.2, 0.25) is 15.9 Å². The molecule has 30 heavy (non-hydrogen) atoms. The van der Waals surface area contributed by atoms with Gasteiger partial charge in [-0.1, -0.05) is 6.42 Å². The van der Waals surface area contributed by atoms with E-state index in [2.05, 4.69) is 0 Å². The number of carbonyl (C=O) groups excluding carboxylic acids is 2. The Morgan fingerprint density at radius 1 is 1.10 bits per heavy atom. The molecular weight excluding hydrogens is 404 g/mol. The third-order valence-corrected chi connectivity index (χ3v) is 8.56. The summed E-state index contributed by atoms with van der Waals surface area (Å²) in [5.41, 5.74) is 1.76. The number of ether oxygens (including phenoxy) is 1. The number of amides is 1. The zero-order valence-corrected chi connectivity index (χ0v) is 18.5. The van der Waals surface area contributed by atoms with Gasteiger partial charge < -0.3 is 9.64 Å². The lowest BCUT2D eigenvalue weighted by molar-refractivity contribution is -0.149. The quantitative estimate of drug-likeness (QED) is 0.666. The summed E-state index contributed by atoms with van der Waals surface area (Å²) in [6.45, 7) is 4.75. The van der Waals surface area contributed by atoms with Crippen LogP contribution in [0.15, 0.2) is 23.1 Å². The molecule has 1 saturated carbocycles. The molecule has 1 aromatic rings. The summed E-state index contributed by atoms with van der Waals surface area (Å²) in [6, 6.07) is 5.18. The number of rotatable bonds is 5. The average molecular weight is 435 g/mol. The van der Waals surface area contributed by atoms with Crippen LogP contribution in [-0.4, -0.2) is 50.3 Å². The molecule has 0 unspecified atom stereocenters. The van der Waals surface area contributed by atoms with Gasteiger partial charge in [0.05, 0.1) is 17.4 Å². The molecule has 1 saturated heterocycles. The van der Waals surface area contributed by atoms with Crippen LogP contribution < -0.4 is 4.90 Å². The minimum absolute atomic E-state index is 0.0476. The van der Waals surface area contributed by atoms with Crippen LogP contribution in [0.2, 0.25) is 0 Å². The zero-order chi connectivity index (χ0) is 21.5. The fourth-order valence-corrected chi connectivity index (χ4v) is 6.22. The van der Waals surface area contributed by atoms with Gasteiger partial charge in [-0.25, -0.2) is 8.42 Å². The molecule has 164 valence electrons. The minimum Gasteiger partial charge on any atom is -0.466 e. The highest BCUT2D eigenvalue weighted by Crippen LogP contribution is 2.38. The van der Waals surface area contributed by atoms with Gasteiger partial charge in [0.15, 0.2) is 0 Å². The van der Waals surface area contributed by atoms with Gasteiger partial charge in [-0.05, 0) is 69.7 Å². The van der Waals surface area contributed by atoms with Crippen molar-refractivity contribution in [2.24, 2.45) is 11.8 Å². The molecule has 2 heterocycles. The molecule has 0 N–H and O–H groups in total. The lowest BCUT2D eigenvalue weighted by atomic mass is 9.84. The van der Waals surface area contributed by atoms with Gasteiger partial charge in [-0.2, -0.15) is 4.31 Å². The number of fused-ring (bicyclic) bond motifs is 1. The Balaban J connectivity index is 1.49. The van der Waals surface area contributed by atoms with E-state index in [4.69, 9.17) is 4.74 Å². The van der Waals surface area contributed by atoms with Crippen molar-refractivity contribution in [1.82, 2.24) is 4.31 Å². The van der Waals surface area contributed by atoms with Gasteiger partial charge in [0, 0.05) is 30.7 Å². The summed E-state index contributed by atoms with van der Waals surface area (Å²) in [5.74, 6) is -0.188. The van der Waals surface area contributed by atoms with Gasteiger partial charge >= 0.3 is 5.97 Å². The number of esters is 1. The van der Waals surface area contributed by atoms with Crippen molar-refractivity contribution >= 4 is 27.6 Å². The zero-order valence-electron chi connectivity index (χ0n) is 17.7. The molecule has 1 atom stereocenters. The van der Waals surface area contributed by atoms with Crippen LogP contribution in [0, 0.1) is 11.8 Å². The molecule has 7 nitrogen and oxygen atoms in total. The molecule has 0 aromatic heterocycles. The average Bonchev–Trinajstić information content (AvgIpc) is 3.01. The highest BCUT2D eigenvalue weighted by molar-refractivity contribution is 7.89. The molecule has 4 rings (SSSR count). The first kappa shape index (κ1) is 21.3. The second kappa shape index (κ2) is 8.30. The largest absolute Gasteiger partial charge is 0.466 e. The Bertz CT molecular complexity index is 933. The third kappa shape index (κ3) is 3.75. The summed E-state index contributed by atoms with van der Waals surface area (Å²) < 4.78 is 32.9. The second-order valence-electron chi connectivity index (χ2n) is 8.61. The van der Waals surface area contributed by atoms with E-state index in [0.717, 1.165) is 30.5 Å². The lowest BCUT2D eigenvalue weighted by Crippen LogP contribution is -2.42. The third-order valence-electron chi connectivity index (χ3n) is 6.67. The van der Waals surface area contributed by atoms with Crippen molar-refractivity contribution in [2.75, 3.05) is 24.6 Å². The lowest BCUT2D eigenvalue weighted by Gasteiger charge is -2.32. The first-order valence-corrected chi connectivity index (χ1v) is 12.4. The highest BCUT2D eigenvalue weighted by atomic mass is 32.2. The minimum atomic E-state index is -3.63. The van der Waals surface area contributed by atoms with Crippen molar-refractivity contribution in [1.29, 1.82) is 0 Å². The van der Waals surface area contributed by atoms with Crippen LogP contribution in [0.4, 0.5) is 5.69 Å². The number of hydrogen-bond acceptors (Lipinski definition) is 5. The molecule has 0 spiro atoms. The Hall–Kier alpha value is -1.93. The van der Waals surface area contributed by atoms with Crippen molar-refractivity contribution in [3.63, 3.8) is 0 Å². The Morgan fingerprint density at radius 3 is 2.40 bits per heavy atom. The van der Waals surface area contributed by atoms with Crippen molar-refractivity contribution < 1.29 is 22.7 Å². The van der Waals surface area contributed by atoms with Crippen LogP contribution in [0.3, 0.4) is 0 Å². The van der Waals surface area contributed by atoms with E-state index in [9.17, 15) is 18.0 Å². The van der Waals surface area contributed by atoms with Crippen LogP contribution >= 0.6 is 0 Å². The number of carbonyl (C=O) groups is 2. The van der Waals surface area contributed by atoms with E-state index >= 15 is 0 Å². The van der Waals surface area contributed by atoms with E-state index in [1.54, 1.807) is 25.1 Å². The van der Waals surface area contributed by atoms with Gasteiger partial charge in [-0.3, -0.25) is 9.59 Å². The molecule has 1 aliphatic carbocycles. The highest BCUT2D eigenvalue weighted by Gasteiger charge is 2.38. The number of sulfonamides is 1. The summed E-state index contributed by atoms with van der Waals surface area (Å²) in [4.78, 5) is 26.9. The summed E-state index contributed by atoms with van der Waals surface area (Å²) in [7, 11) is -3.63. The second-order valence-corrected chi connectivity index (χ2v) is 10.5. The molecule has 0 radical (unpaired) electrons. The van der Waals surface area contributed by atoms with E-state index < -0.39 is 10.0 Å². The van der Waals surface area contributed by atoms with Gasteiger partial charge in [0.1, 0.15) is 0 Å². The van der Waals surface area contributed by atoms with Gasteiger partial charge in [-0.15, -0.1) is 0 Å². The summed E-state index contributed by atoms with van der Waals surface area (Å²) in [6.07, 6.45) is 4.63. The van der Waals surface area contributed by atoms with Crippen molar-refractivity contribution in [3.05, 3.63) is 23.8 Å². The summed E-state index contributed by atoms with van der Waals surface area (Å²) >= 11 is 0. The predicted octanol–water partition coefficient (Wildman–Crippen LogP) is 2.73. The number of nitrogens with zero attached hydrogens (tertiary/aromatic N) is 2. The van der Waals surface area contributed by atoms with E-state index in [1.807, 2.05) is 11.8 Å². The Morgan fingerprint density at radius 2 is 1.80 bits per heavy atom. The standard InChI is InChI=1S/C22H30N2O5S/c1-3-29-22(26)17-9-11-23(12-10-17)30(27,28)19-7-8-20-18(14-19)13-15(2)24(20)21(25)16-5-4-6-16/h7-8,14-17H,3-6,9-13H2,1-2H3/t15-/m1/s1. The number of benzene rings is 1. The van der Waals surface area contributed by atoms with Crippen LogP contribution in [0.1, 0.15) is 51.5 Å². The monoisotopic (exact) mass is 434 g/mol. The van der Waals surface area contributed by atoms with Crippen LogP contribution in [0.5, 0.6) is 0 Å². The van der Waals surface area contributed by atoms with Crippen molar-refractivity contribution in [2.45, 2.75) is 63.3 Å². The maximum absolute atomic E-state index is 13.2. The summed E-state index contributed by atoms with van der Waals surface area (Å²) in [5, 5.41) is 0. The normalized spacial score (nSPS) is 23.1. The molecule has 2 fully saturated rings. The molecule has 3 aliphatic rings. The first-order valence-electron chi connectivity index (χ1n) is 11.0. The predicted molar refractivity (Wildman–Crippen MR) is 113 cm³/mol.